The number of aromatic nitrogens is 2. The van der Waals surface area contributed by atoms with Crippen LogP contribution in [0, 0.1) is 0 Å². The second kappa shape index (κ2) is 6.38. The number of carbonyl (C=O) groups is 2. The molecule has 0 atom stereocenters. The van der Waals surface area contributed by atoms with Crippen LogP contribution < -0.4 is 0 Å². The third-order valence-corrected chi connectivity index (χ3v) is 9.02. The third kappa shape index (κ3) is 2.61. The van der Waals surface area contributed by atoms with E-state index in [2.05, 4.69) is 31.6 Å². The first-order chi connectivity index (χ1) is 14.2. The molecular weight excluding hydrogens is 494 g/mol. The third-order valence-electron chi connectivity index (χ3n) is 5.22. The van der Waals surface area contributed by atoms with E-state index in [1.54, 1.807) is 12.3 Å². The molecule has 0 radical (unpaired) electrons. The Labute approximate surface area is 177 Å². The molecule has 29 heavy (non-hydrogen) atoms. The Morgan fingerprint density at radius 1 is 0.897 bits per heavy atom. The summed E-state index contributed by atoms with van der Waals surface area (Å²) in [4.78, 5) is 34.4. The Kier molecular flexibility index (Phi) is 3.77. The van der Waals surface area contributed by atoms with Gasteiger partial charge in [0.2, 0.25) is 0 Å². The molecule has 0 saturated carbocycles. The predicted molar refractivity (Wildman–Crippen MR) is 116 cm³/mol. The first-order valence-corrected chi connectivity index (χ1v) is 12.7. The van der Waals surface area contributed by atoms with E-state index in [1.807, 2.05) is 36.7 Å². The molecule has 0 N–H and O–H groups in total. The molecule has 5 aromatic rings. The number of allylic oxidation sites excluding steroid dienone is 1. The Morgan fingerprint density at radius 2 is 1.66 bits per heavy atom. The van der Waals surface area contributed by atoms with Crippen LogP contribution in [-0.4, -0.2) is 50.1 Å². The van der Waals surface area contributed by atoms with Gasteiger partial charge in [-0.1, -0.05) is 0 Å². The van der Waals surface area contributed by atoms with Crippen molar-refractivity contribution >= 4 is 68.3 Å². The molecule has 0 spiro atoms. The number of carbonyl (C=O) groups excluding carboxylic acids is 2. The molecule has 0 amide bonds. The summed E-state index contributed by atoms with van der Waals surface area (Å²) in [6, 6.07) is 11.9. The van der Waals surface area contributed by atoms with Crippen LogP contribution in [0.5, 0.6) is 0 Å². The van der Waals surface area contributed by atoms with Crippen molar-refractivity contribution in [2.45, 2.75) is 0 Å². The molecule has 0 aliphatic heterocycles. The van der Waals surface area contributed by atoms with Crippen molar-refractivity contribution in [3.05, 3.63) is 86.0 Å². The number of pyridine rings is 1. The zero-order valence-electron chi connectivity index (χ0n) is 15.0. The number of fused-ring (bicyclic) bond motifs is 3. The minimum atomic E-state index is -0.152. The maximum absolute atomic E-state index is 12.9. The molecule has 138 valence electrons. The van der Waals surface area contributed by atoms with E-state index < -0.39 is 0 Å². The fourth-order valence-electron chi connectivity index (χ4n) is 3.78. The average molecular weight is 506 g/mol. The zero-order valence-corrected chi connectivity index (χ0v) is 18.4. The van der Waals surface area contributed by atoms with E-state index in [0.717, 1.165) is 30.7 Å². The van der Waals surface area contributed by atoms with Gasteiger partial charge in [-0.15, -0.1) is 0 Å². The molecule has 0 bridgehead atoms. The molecule has 1 aromatic carbocycles. The Hall–Kier alpha value is -2.75. The molecule has 0 fully saturated rings. The zero-order chi connectivity index (χ0) is 19.5. The van der Waals surface area contributed by atoms with Gasteiger partial charge in [0.25, 0.3) is 0 Å². The van der Waals surface area contributed by atoms with Gasteiger partial charge in [-0.2, -0.15) is 0 Å². The van der Waals surface area contributed by atoms with Gasteiger partial charge in [-0.3, -0.25) is 0 Å². The second-order valence-corrected chi connectivity index (χ2v) is 10.8. The van der Waals surface area contributed by atoms with Crippen molar-refractivity contribution < 1.29 is 9.59 Å². The molecule has 0 saturated heterocycles. The van der Waals surface area contributed by atoms with Gasteiger partial charge >= 0.3 is 178 Å². The maximum atomic E-state index is 12.9. The minimum absolute atomic E-state index is 0.00988. The Balaban J connectivity index is 1.41. The van der Waals surface area contributed by atoms with E-state index in [9.17, 15) is 9.59 Å². The molecule has 6 rings (SSSR count). The van der Waals surface area contributed by atoms with Crippen LogP contribution in [0.15, 0.2) is 70.4 Å². The summed E-state index contributed by atoms with van der Waals surface area (Å²) in [5.41, 5.74) is 2.44. The number of rotatable bonds is 2. The number of hydrogen-bond donors (Lipinski definition) is 0. The van der Waals surface area contributed by atoms with Crippen LogP contribution in [0.4, 0.5) is 0 Å². The first-order valence-electron chi connectivity index (χ1n) is 9.01. The van der Waals surface area contributed by atoms with Crippen molar-refractivity contribution in [1.82, 2.24) is 9.55 Å². The van der Waals surface area contributed by atoms with Crippen LogP contribution in [0.2, 0.25) is 0 Å². The summed E-state index contributed by atoms with van der Waals surface area (Å²) in [7, 11) is 0. The van der Waals surface area contributed by atoms with Gasteiger partial charge in [0.05, 0.1) is 0 Å². The summed E-state index contributed by atoms with van der Waals surface area (Å²) in [6.45, 7) is 0. The van der Waals surface area contributed by atoms with Gasteiger partial charge in [0.1, 0.15) is 0 Å². The van der Waals surface area contributed by atoms with Crippen molar-refractivity contribution in [3.63, 3.8) is 0 Å². The van der Waals surface area contributed by atoms with Gasteiger partial charge in [-0.05, 0) is 0 Å². The van der Waals surface area contributed by atoms with Crippen LogP contribution in [0.1, 0.15) is 25.2 Å². The standard InChI is InChI=1S/C23H12N2O2Se2/c26-22-17-7-14-11-28-12-15(14)8-18(17)23(27)19(22)9-16-1-2-21(29-16)25-6-4-13-3-5-24-10-20(13)25/h1-12H. The van der Waals surface area contributed by atoms with Crippen molar-refractivity contribution in [1.29, 1.82) is 0 Å². The van der Waals surface area contributed by atoms with E-state index >= 15 is 0 Å². The van der Waals surface area contributed by atoms with E-state index in [1.165, 1.54) is 0 Å². The molecule has 0 unspecified atom stereocenters. The van der Waals surface area contributed by atoms with Gasteiger partial charge in [0, 0.05) is 0 Å². The summed E-state index contributed by atoms with van der Waals surface area (Å²) in [5.74, 6) is -0.303. The Morgan fingerprint density at radius 3 is 2.41 bits per heavy atom. The number of nitrogens with zero attached hydrogens (tertiary/aromatic N) is 2. The molecule has 4 heterocycles. The fraction of sp³-hybridized carbons (Fsp3) is 0. The Bertz CT molecular complexity index is 1450. The van der Waals surface area contributed by atoms with Crippen LogP contribution in [0.3, 0.4) is 0 Å². The number of ketones is 2. The number of benzene rings is 1. The second-order valence-electron chi connectivity index (χ2n) is 6.91. The number of hydrogen-bond acceptors (Lipinski definition) is 3. The van der Waals surface area contributed by atoms with Crippen molar-refractivity contribution in [3.8, 4) is 4.56 Å². The van der Waals surface area contributed by atoms with Gasteiger partial charge in [-0.25, -0.2) is 0 Å². The van der Waals surface area contributed by atoms with Crippen LogP contribution >= 0.6 is 0 Å². The average Bonchev–Trinajstić information content (AvgIpc) is 3.50. The topological polar surface area (TPSA) is 52.0 Å². The monoisotopic (exact) mass is 508 g/mol. The summed E-state index contributed by atoms with van der Waals surface area (Å²) in [5, 5.41) is 3.29. The van der Waals surface area contributed by atoms with E-state index in [0.29, 0.717) is 25.6 Å². The fourth-order valence-corrected chi connectivity index (χ4v) is 7.38. The molecule has 1 aliphatic carbocycles. The molecular formula is C23H12N2O2Se2. The summed E-state index contributed by atoms with van der Waals surface area (Å²) in [6.07, 6.45) is 7.48. The van der Waals surface area contributed by atoms with Crippen LogP contribution in [-0.2, 0) is 0 Å². The quantitative estimate of drug-likeness (QED) is 0.208. The summed E-state index contributed by atoms with van der Waals surface area (Å²) >= 11 is 0.329. The van der Waals surface area contributed by atoms with E-state index in [-0.39, 0.29) is 31.6 Å². The van der Waals surface area contributed by atoms with Gasteiger partial charge in [0.15, 0.2) is 0 Å². The molecule has 4 nitrogen and oxygen atoms in total. The number of Topliss-reactive ketones (excluding diaryl/α,β-unsaturated/α-hetero) is 2. The van der Waals surface area contributed by atoms with Crippen molar-refractivity contribution in [2.75, 3.05) is 0 Å². The molecule has 6 heteroatoms. The molecule has 1 aliphatic rings. The van der Waals surface area contributed by atoms with Crippen LogP contribution in [0.25, 0.3) is 32.3 Å². The first kappa shape index (κ1) is 17.1. The summed E-state index contributed by atoms with van der Waals surface area (Å²) < 4.78 is 4.32. The molecule has 4 aromatic heterocycles. The van der Waals surface area contributed by atoms with Crippen molar-refractivity contribution in [2.24, 2.45) is 0 Å². The predicted octanol–water partition coefficient (Wildman–Crippen LogP) is 3.76. The SMILES string of the molecule is O=C1C(=Cc2ccc(-n3ccc4ccncc43)[se]2)C(=O)c2cc3c[se]cc3cc21. The van der Waals surface area contributed by atoms with Gasteiger partial charge < -0.3 is 0 Å². The normalized spacial score (nSPS) is 13.6. The van der Waals surface area contributed by atoms with E-state index in [4.69, 9.17) is 0 Å².